The van der Waals surface area contributed by atoms with Gasteiger partial charge in [0.25, 0.3) is 11.7 Å². The zero-order valence-electron chi connectivity index (χ0n) is 18.6. The van der Waals surface area contributed by atoms with Gasteiger partial charge in [-0.3, -0.25) is 14.5 Å². The molecule has 1 aromatic heterocycles. The second-order valence-electron chi connectivity index (χ2n) is 8.09. The van der Waals surface area contributed by atoms with Crippen LogP contribution in [0.5, 0.6) is 11.5 Å². The first kappa shape index (κ1) is 22.6. The van der Waals surface area contributed by atoms with E-state index >= 15 is 0 Å². The van der Waals surface area contributed by atoms with Gasteiger partial charge in [0.1, 0.15) is 23.3 Å². The average Bonchev–Trinajstić information content (AvgIpc) is 3.44. The number of ether oxygens (including phenoxy) is 2. The van der Waals surface area contributed by atoms with E-state index in [0.29, 0.717) is 35.3 Å². The zero-order chi connectivity index (χ0) is 23.5. The van der Waals surface area contributed by atoms with Crippen LogP contribution in [0.2, 0.25) is 0 Å². The smallest absolute Gasteiger partial charge is 0.300 e. The molecule has 33 heavy (non-hydrogen) atoms. The number of rotatable bonds is 7. The highest BCUT2D eigenvalue weighted by molar-refractivity contribution is 7.10. The van der Waals surface area contributed by atoms with Gasteiger partial charge in [-0.2, -0.15) is 0 Å². The summed E-state index contributed by atoms with van der Waals surface area (Å²) in [5.74, 6) is -0.153. The summed E-state index contributed by atoms with van der Waals surface area (Å²) in [6.07, 6.45) is 0. The highest BCUT2D eigenvalue weighted by atomic mass is 32.1. The number of Topliss-reactive ketones (excluding diaryl/α,β-unsaturated/α-hetero) is 1. The largest absolute Gasteiger partial charge is 0.507 e. The predicted octanol–water partition coefficient (Wildman–Crippen LogP) is 5.42. The van der Waals surface area contributed by atoms with E-state index in [9.17, 15) is 14.7 Å². The molecule has 1 N–H and O–H groups in total. The van der Waals surface area contributed by atoms with Gasteiger partial charge < -0.3 is 14.6 Å². The molecule has 6 nitrogen and oxygen atoms in total. The third kappa shape index (κ3) is 4.36. The summed E-state index contributed by atoms with van der Waals surface area (Å²) in [5, 5.41) is 13.1. The molecule has 0 aliphatic carbocycles. The van der Waals surface area contributed by atoms with E-state index in [4.69, 9.17) is 9.47 Å². The molecule has 4 rings (SSSR count). The quantitative estimate of drug-likeness (QED) is 0.288. The minimum atomic E-state index is -0.766. The minimum Gasteiger partial charge on any atom is -0.507 e. The Kier molecular flexibility index (Phi) is 6.51. The molecule has 0 bridgehead atoms. The molecule has 1 aliphatic heterocycles. The Bertz CT molecular complexity index is 1180. The highest BCUT2D eigenvalue weighted by Gasteiger charge is 2.48. The number of aliphatic hydroxyl groups is 1. The minimum absolute atomic E-state index is 0.0456. The molecule has 0 radical (unpaired) electrons. The first-order chi connectivity index (χ1) is 15.9. The maximum absolute atomic E-state index is 13.2. The number of carbonyl (C=O) groups is 2. The van der Waals surface area contributed by atoms with Gasteiger partial charge in [-0.25, -0.2) is 0 Å². The number of ketones is 1. The van der Waals surface area contributed by atoms with Crippen molar-refractivity contribution in [2.45, 2.75) is 19.9 Å². The lowest BCUT2D eigenvalue weighted by atomic mass is 9.99. The Balaban J connectivity index is 1.80. The number of methoxy groups -OCH3 is 1. The van der Waals surface area contributed by atoms with Crippen molar-refractivity contribution in [3.63, 3.8) is 0 Å². The van der Waals surface area contributed by atoms with Gasteiger partial charge in [0.05, 0.1) is 25.0 Å². The Morgan fingerprint density at radius 3 is 2.42 bits per heavy atom. The number of amides is 1. The lowest BCUT2D eigenvalue weighted by Gasteiger charge is -2.25. The number of hydrogen-bond acceptors (Lipinski definition) is 6. The van der Waals surface area contributed by atoms with Crippen LogP contribution in [0.1, 0.15) is 30.3 Å². The lowest BCUT2D eigenvalue weighted by Crippen LogP contribution is -2.29. The van der Waals surface area contributed by atoms with Gasteiger partial charge in [0, 0.05) is 10.4 Å². The van der Waals surface area contributed by atoms with E-state index < -0.39 is 17.7 Å². The predicted molar refractivity (Wildman–Crippen MR) is 129 cm³/mol. The van der Waals surface area contributed by atoms with Gasteiger partial charge >= 0.3 is 0 Å². The van der Waals surface area contributed by atoms with Crippen LogP contribution in [0, 0.1) is 5.92 Å². The van der Waals surface area contributed by atoms with Crippen LogP contribution in [0.3, 0.4) is 0 Å². The summed E-state index contributed by atoms with van der Waals surface area (Å²) >= 11 is 1.41. The van der Waals surface area contributed by atoms with Crippen LogP contribution < -0.4 is 14.4 Å². The fourth-order valence-electron chi connectivity index (χ4n) is 3.75. The van der Waals surface area contributed by atoms with Crippen molar-refractivity contribution in [1.82, 2.24) is 0 Å². The number of para-hydroxylation sites is 2. The van der Waals surface area contributed by atoms with Crippen LogP contribution in [-0.2, 0) is 9.59 Å². The molecule has 2 aromatic carbocycles. The second kappa shape index (κ2) is 9.50. The molecule has 1 atom stereocenters. The van der Waals surface area contributed by atoms with Crippen molar-refractivity contribution in [1.29, 1.82) is 0 Å². The summed E-state index contributed by atoms with van der Waals surface area (Å²) in [6.45, 7) is 4.70. The maximum atomic E-state index is 13.2. The van der Waals surface area contributed by atoms with Crippen molar-refractivity contribution in [3.05, 3.63) is 82.1 Å². The number of carbonyl (C=O) groups excluding carboxylic acids is 2. The van der Waals surface area contributed by atoms with E-state index in [-0.39, 0.29) is 11.3 Å². The average molecular weight is 464 g/mol. The van der Waals surface area contributed by atoms with Gasteiger partial charge in [-0.15, -0.1) is 11.3 Å². The Labute approximate surface area is 196 Å². The number of benzene rings is 2. The van der Waals surface area contributed by atoms with E-state index in [2.05, 4.69) is 13.8 Å². The molecule has 3 aromatic rings. The SMILES string of the molecule is COc1ccccc1N1C(=O)C(=O)/C(=C(\O)c2ccc(OCC(C)C)cc2)C1c1cccs1. The third-order valence-electron chi connectivity index (χ3n) is 5.31. The van der Waals surface area contributed by atoms with Crippen LogP contribution in [-0.4, -0.2) is 30.5 Å². The summed E-state index contributed by atoms with van der Waals surface area (Å²) in [5.41, 5.74) is 0.952. The van der Waals surface area contributed by atoms with Crippen molar-refractivity contribution in [2.24, 2.45) is 5.92 Å². The molecule has 1 unspecified atom stereocenters. The van der Waals surface area contributed by atoms with Gasteiger partial charge in [0.15, 0.2) is 0 Å². The number of aliphatic hydroxyl groups excluding tert-OH is 1. The van der Waals surface area contributed by atoms with E-state index in [1.54, 1.807) is 48.5 Å². The maximum Gasteiger partial charge on any atom is 0.300 e. The molecular formula is C26H25NO5S. The first-order valence-corrected chi connectivity index (χ1v) is 11.5. The molecule has 1 amide bonds. The monoisotopic (exact) mass is 463 g/mol. The fourth-order valence-corrected chi connectivity index (χ4v) is 4.58. The van der Waals surface area contributed by atoms with Crippen LogP contribution in [0.4, 0.5) is 5.69 Å². The molecular weight excluding hydrogens is 438 g/mol. The first-order valence-electron chi connectivity index (χ1n) is 10.6. The Hall–Kier alpha value is -3.58. The van der Waals surface area contributed by atoms with Crippen molar-refractivity contribution in [3.8, 4) is 11.5 Å². The fraction of sp³-hybridized carbons (Fsp3) is 0.231. The summed E-state index contributed by atoms with van der Waals surface area (Å²) in [4.78, 5) is 28.5. The van der Waals surface area contributed by atoms with E-state index in [1.807, 2.05) is 17.5 Å². The van der Waals surface area contributed by atoms with Gasteiger partial charge in [0.2, 0.25) is 0 Å². The van der Waals surface area contributed by atoms with Crippen LogP contribution >= 0.6 is 11.3 Å². The molecule has 0 saturated carbocycles. The Morgan fingerprint density at radius 1 is 1.06 bits per heavy atom. The third-order valence-corrected chi connectivity index (χ3v) is 6.24. The standard InChI is InChI=1S/C26H25NO5S/c1-16(2)15-32-18-12-10-17(11-13-18)24(28)22-23(21-9-6-14-33-21)27(26(30)25(22)29)19-7-4-5-8-20(19)31-3/h4-14,16,23,28H,15H2,1-3H3/b24-22-. The number of anilines is 1. The number of thiophene rings is 1. The molecule has 7 heteroatoms. The topological polar surface area (TPSA) is 76.1 Å². The summed E-state index contributed by atoms with van der Waals surface area (Å²) < 4.78 is 11.2. The van der Waals surface area contributed by atoms with Crippen molar-refractivity contribution in [2.75, 3.05) is 18.6 Å². The van der Waals surface area contributed by atoms with Crippen molar-refractivity contribution >= 4 is 34.5 Å². The molecule has 1 saturated heterocycles. The van der Waals surface area contributed by atoms with Gasteiger partial charge in [-0.1, -0.05) is 32.0 Å². The normalized spacial score (nSPS) is 17.6. The molecule has 0 spiro atoms. The van der Waals surface area contributed by atoms with Crippen molar-refractivity contribution < 1.29 is 24.2 Å². The number of nitrogens with zero attached hydrogens (tertiary/aromatic N) is 1. The van der Waals surface area contributed by atoms with Crippen LogP contribution in [0.25, 0.3) is 5.76 Å². The van der Waals surface area contributed by atoms with Crippen LogP contribution in [0.15, 0.2) is 71.6 Å². The summed E-state index contributed by atoms with van der Waals surface area (Å²) in [7, 11) is 1.51. The second-order valence-corrected chi connectivity index (χ2v) is 9.06. The lowest BCUT2D eigenvalue weighted by molar-refractivity contribution is -0.132. The highest BCUT2D eigenvalue weighted by Crippen LogP contribution is 2.46. The number of hydrogen-bond donors (Lipinski definition) is 1. The zero-order valence-corrected chi connectivity index (χ0v) is 19.5. The summed E-state index contributed by atoms with van der Waals surface area (Å²) in [6, 6.07) is 16.8. The van der Waals surface area contributed by atoms with Gasteiger partial charge in [-0.05, 0) is 53.8 Å². The Morgan fingerprint density at radius 2 is 1.79 bits per heavy atom. The van der Waals surface area contributed by atoms with E-state index in [0.717, 1.165) is 4.88 Å². The molecule has 2 heterocycles. The molecule has 1 fully saturated rings. The molecule has 1 aliphatic rings. The van der Waals surface area contributed by atoms with E-state index in [1.165, 1.54) is 23.3 Å². The molecule has 170 valence electrons.